The number of aryl methyl sites for hydroxylation is 2. The Kier molecular flexibility index (Phi) is 4.92. The normalized spacial score (nSPS) is 26.8. The van der Waals surface area contributed by atoms with E-state index in [1.807, 2.05) is 6.92 Å². The first kappa shape index (κ1) is 16.3. The second-order valence-corrected chi connectivity index (χ2v) is 6.79. The molecule has 1 heterocycles. The molecular weight excluding hydrogens is 292 g/mol. The van der Waals surface area contributed by atoms with Crippen LogP contribution in [0.1, 0.15) is 48.5 Å². The molecule has 0 spiro atoms. The molecule has 0 aliphatic heterocycles. The Morgan fingerprint density at radius 2 is 2.17 bits per heavy atom. The molecule has 3 atom stereocenters. The second kappa shape index (κ2) is 6.93. The smallest absolute Gasteiger partial charge is 0.223 e. The Hall–Kier alpha value is -1.53. The van der Waals surface area contributed by atoms with Crippen molar-refractivity contribution in [3.63, 3.8) is 0 Å². The lowest BCUT2D eigenvalue weighted by Crippen LogP contribution is -2.44. The van der Waals surface area contributed by atoms with Crippen molar-refractivity contribution < 1.29 is 9.90 Å². The number of nitrogens with zero attached hydrogens (tertiary/aromatic N) is 2. The van der Waals surface area contributed by atoms with Gasteiger partial charge in [-0.15, -0.1) is 0 Å². The van der Waals surface area contributed by atoms with Crippen LogP contribution < -0.4 is 11.1 Å². The monoisotopic (exact) mass is 318 g/mol. The Bertz CT molecular complexity index is 590. The van der Waals surface area contributed by atoms with Crippen LogP contribution in [-0.4, -0.2) is 39.7 Å². The van der Waals surface area contributed by atoms with E-state index < -0.39 is 6.10 Å². The van der Waals surface area contributed by atoms with Gasteiger partial charge in [-0.2, -0.15) is 0 Å². The number of nitrogens with one attached hydrogen (secondary N) is 1. The third-order valence-electron chi connectivity index (χ3n) is 5.07. The third-order valence-corrected chi connectivity index (χ3v) is 5.07. The van der Waals surface area contributed by atoms with Crippen LogP contribution in [0.4, 0.5) is 0 Å². The SMILES string of the molecule is Cc1nc(CCNC(=O)[C@H]2CC[C@H](N)[C@@H](O)C2)nc2c1CCC2. The van der Waals surface area contributed by atoms with Crippen molar-refractivity contribution in [2.75, 3.05) is 6.54 Å². The summed E-state index contributed by atoms with van der Waals surface area (Å²) in [7, 11) is 0. The van der Waals surface area contributed by atoms with Gasteiger partial charge in [0.2, 0.25) is 5.91 Å². The van der Waals surface area contributed by atoms with E-state index in [4.69, 9.17) is 5.73 Å². The summed E-state index contributed by atoms with van der Waals surface area (Å²) in [5.41, 5.74) is 9.35. The van der Waals surface area contributed by atoms with Crippen molar-refractivity contribution in [3.05, 3.63) is 22.8 Å². The van der Waals surface area contributed by atoms with E-state index in [9.17, 15) is 9.90 Å². The van der Waals surface area contributed by atoms with E-state index in [-0.39, 0.29) is 17.9 Å². The van der Waals surface area contributed by atoms with Gasteiger partial charge in [0.05, 0.1) is 6.10 Å². The Morgan fingerprint density at radius 3 is 2.96 bits per heavy atom. The zero-order valence-electron chi connectivity index (χ0n) is 13.7. The average Bonchev–Trinajstić information content (AvgIpc) is 2.99. The summed E-state index contributed by atoms with van der Waals surface area (Å²) >= 11 is 0. The minimum absolute atomic E-state index is 0.00818. The molecule has 0 radical (unpaired) electrons. The quantitative estimate of drug-likeness (QED) is 0.747. The standard InChI is InChI=1S/C17H26N4O2/c1-10-12-3-2-4-14(12)21-16(20-10)7-8-19-17(23)11-5-6-13(18)15(22)9-11/h11,13,15,22H,2-9,18H2,1H3,(H,19,23)/t11-,13-,15-/m0/s1. The molecule has 4 N–H and O–H groups in total. The lowest BCUT2D eigenvalue weighted by molar-refractivity contribution is -0.127. The molecule has 6 heteroatoms. The maximum absolute atomic E-state index is 12.2. The van der Waals surface area contributed by atoms with Crippen molar-refractivity contribution in [1.29, 1.82) is 0 Å². The summed E-state index contributed by atoms with van der Waals surface area (Å²) in [4.78, 5) is 21.4. The molecule has 126 valence electrons. The topological polar surface area (TPSA) is 101 Å². The van der Waals surface area contributed by atoms with Crippen LogP contribution in [-0.2, 0) is 24.1 Å². The van der Waals surface area contributed by atoms with Crippen LogP contribution >= 0.6 is 0 Å². The molecule has 1 aromatic heterocycles. The number of hydrogen-bond donors (Lipinski definition) is 3. The maximum atomic E-state index is 12.2. The number of carbonyl (C=O) groups excluding carboxylic acids is 1. The molecule has 1 saturated carbocycles. The first-order valence-electron chi connectivity index (χ1n) is 8.61. The summed E-state index contributed by atoms with van der Waals surface area (Å²) < 4.78 is 0. The molecule has 1 amide bonds. The van der Waals surface area contributed by atoms with E-state index in [0.717, 1.165) is 37.2 Å². The van der Waals surface area contributed by atoms with Gasteiger partial charge < -0.3 is 16.2 Å². The number of aromatic nitrogens is 2. The highest BCUT2D eigenvalue weighted by atomic mass is 16.3. The molecule has 0 saturated heterocycles. The molecule has 1 fully saturated rings. The minimum Gasteiger partial charge on any atom is -0.391 e. The highest BCUT2D eigenvalue weighted by molar-refractivity contribution is 5.78. The number of nitrogens with two attached hydrogens (primary N) is 1. The van der Waals surface area contributed by atoms with Crippen LogP contribution in [0.15, 0.2) is 0 Å². The largest absolute Gasteiger partial charge is 0.391 e. The van der Waals surface area contributed by atoms with E-state index in [1.54, 1.807) is 0 Å². The van der Waals surface area contributed by atoms with Crippen LogP contribution in [0.3, 0.4) is 0 Å². The number of fused-ring (bicyclic) bond motifs is 1. The Morgan fingerprint density at radius 1 is 1.35 bits per heavy atom. The zero-order chi connectivity index (χ0) is 16.4. The number of rotatable bonds is 4. The summed E-state index contributed by atoms with van der Waals surface area (Å²) in [5.74, 6) is 0.690. The molecule has 0 unspecified atom stereocenters. The van der Waals surface area contributed by atoms with Gasteiger partial charge in [0.15, 0.2) is 0 Å². The van der Waals surface area contributed by atoms with Crippen molar-refractivity contribution in [3.8, 4) is 0 Å². The van der Waals surface area contributed by atoms with Crippen LogP contribution in [0.5, 0.6) is 0 Å². The van der Waals surface area contributed by atoms with E-state index in [0.29, 0.717) is 25.8 Å². The average molecular weight is 318 g/mol. The molecule has 1 aromatic rings. The van der Waals surface area contributed by atoms with Crippen molar-refractivity contribution in [2.45, 2.75) is 64.0 Å². The van der Waals surface area contributed by atoms with E-state index in [1.165, 1.54) is 11.3 Å². The van der Waals surface area contributed by atoms with Gasteiger partial charge in [-0.25, -0.2) is 9.97 Å². The molecule has 23 heavy (non-hydrogen) atoms. The molecule has 3 rings (SSSR count). The summed E-state index contributed by atoms with van der Waals surface area (Å²) in [6, 6.07) is -0.193. The third kappa shape index (κ3) is 3.70. The van der Waals surface area contributed by atoms with Crippen molar-refractivity contribution in [1.82, 2.24) is 15.3 Å². The molecule has 0 aromatic carbocycles. The van der Waals surface area contributed by atoms with Gasteiger partial charge in [-0.3, -0.25) is 4.79 Å². The number of amides is 1. The van der Waals surface area contributed by atoms with Gasteiger partial charge in [-0.05, 0) is 51.0 Å². The second-order valence-electron chi connectivity index (χ2n) is 6.79. The summed E-state index contributed by atoms with van der Waals surface area (Å²) in [6.07, 6.45) is 5.28. The molecular formula is C17H26N4O2. The van der Waals surface area contributed by atoms with Gasteiger partial charge in [0.25, 0.3) is 0 Å². The first-order valence-corrected chi connectivity index (χ1v) is 8.61. The number of hydrogen-bond acceptors (Lipinski definition) is 5. The van der Waals surface area contributed by atoms with Crippen molar-refractivity contribution >= 4 is 5.91 Å². The van der Waals surface area contributed by atoms with Crippen molar-refractivity contribution in [2.24, 2.45) is 11.7 Å². The fourth-order valence-electron chi connectivity index (χ4n) is 3.64. The highest BCUT2D eigenvalue weighted by Crippen LogP contribution is 2.24. The fourth-order valence-corrected chi connectivity index (χ4v) is 3.64. The minimum atomic E-state index is -0.567. The molecule has 2 aliphatic carbocycles. The van der Waals surface area contributed by atoms with E-state index >= 15 is 0 Å². The fraction of sp³-hybridized carbons (Fsp3) is 0.706. The molecule has 0 bridgehead atoms. The lowest BCUT2D eigenvalue weighted by Gasteiger charge is -2.29. The summed E-state index contributed by atoms with van der Waals surface area (Å²) in [6.45, 7) is 2.58. The van der Waals surface area contributed by atoms with Gasteiger partial charge in [0.1, 0.15) is 5.82 Å². The predicted octanol–water partition coefficient (Wildman–Crippen LogP) is 0.421. The predicted molar refractivity (Wildman–Crippen MR) is 86.8 cm³/mol. The van der Waals surface area contributed by atoms with E-state index in [2.05, 4.69) is 15.3 Å². The zero-order valence-corrected chi connectivity index (χ0v) is 13.7. The van der Waals surface area contributed by atoms with Gasteiger partial charge >= 0.3 is 0 Å². The molecule has 2 aliphatic rings. The number of carbonyl (C=O) groups is 1. The molecule has 6 nitrogen and oxygen atoms in total. The highest BCUT2D eigenvalue weighted by Gasteiger charge is 2.30. The van der Waals surface area contributed by atoms with Crippen LogP contribution in [0.2, 0.25) is 0 Å². The number of aliphatic hydroxyl groups is 1. The van der Waals surface area contributed by atoms with Crippen LogP contribution in [0.25, 0.3) is 0 Å². The lowest BCUT2D eigenvalue weighted by atomic mass is 9.84. The van der Waals surface area contributed by atoms with Gasteiger partial charge in [-0.1, -0.05) is 0 Å². The Labute approximate surface area is 136 Å². The Balaban J connectivity index is 1.50. The number of aliphatic hydroxyl groups excluding tert-OH is 1. The summed E-state index contributed by atoms with van der Waals surface area (Å²) in [5, 5.41) is 12.7. The first-order chi connectivity index (χ1) is 11.0. The van der Waals surface area contributed by atoms with Gasteiger partial charge in [0, 0.05) is 36.3 Å². The van der Waals surface area contributed by atoms with Crippen LogP contribution in [0, 0.1) is 12.8 Å². The maximum Gasteiger partial charge on any atom is 0.223 e.